The van der Waals surface area contributed by atoms with Gasteiger partial charge in [0.25, 0.3) is 0 Å². The molecule has 0 aliphatic carbocycles. The molecule has 2 bridgehead atoms. The van der Waals surface area contributed by atoms with Gasteiger partial charge >= 0.3 is 12.2 Å². The minimum Gasteiger partial charge on any atom is -0.450 e. The van der Waals surface area contributed by atoms with Gasteiger partial charge in [-0.3, -0.25) is 0 Å². The SMILES string of the molecule is CCOC(=O)N1C2CCC1CC(N1CCCC3(CC1)CNC(=O)O3)C2. The molecule has 0 aromatic heterocycles. The summed E-state index contributed by atoms with van der Waals surface area (Å²) in [7, 11) is 0. The van der Waals surface area contributed by atoms with Crippen LogP contribution < -0.4 is 5.32 Å². The number of hydrogen-bond donors (Lipinski definition) is 1. The van der Waals surface area contributed by atoms with Crippen LogP contribution in [0.5, 0.6) is 0 Å². The standard InChI is InChI=1S/C18H29N3O4/c1-2-24-17(23)21-13-4-5-14(21)11-15(10-13)20-8-3-6-18(7-9-20)12-19-16(22)25-18/h13-15H,2-12H2,1H3,(H,19,22). The van der Waals surface area contributed by atoms with Crippen molar-refractivity contribution in [3.63, 3.8) is 0 Å². The van der Waals surface area contributed by atoms with Gasteiger partial charge in [-0.1, -0.05) is 0 Å². The Hall–Kier alpha value is -1.50. The van der Waals surface area contributed by atoms with E-state index in [1.165, 1.54) is 0 Å². The highest BCUT2D eigenvalue weighted by Gasteiger charge is 2.47. The van der Waals surface area contributed by atoms with Crippen molar-refractivity contribution in [1.82, 2.24) is 15.1 Å². The number of piperidine rings is 1. The predicted octanol–water partition coefficient (Wildman–Crippen LogP) is 2.10. The van der Waals surface area contributed by atoms with E-state index in [-0.39, 0.29) is 17.8 Å². The monoisotopic (exact) mass is 351 g/mol. The molecule has 0 radical (unpaired) electrons. The fraction of sp³-hybridized carbons (Fsp3) is 0.889. The highest BCUT2D eigenvalue weighted by molar-refractivity contribution is 5.70. The molecule has 4 aliphatic rings. The lowest BCUT2D eigenvalue weighted by Gasteiger charge is -2.42. The number of likely N-dealkylation sites (tertiary alicyclic amines) is 1. The normalized spacial score (nSPS) is 38.4. The Morgan fingerprint density at radius 1 is 1.24 bits per heavy atom. The van der Waals surface area contributed by atoms with Crippen LogP contribution in [0.3, 0.4) is 0 Å². The predicted molar refractivity (Wildman–Crippen MR) is 91.3 cm³/mol. The van der Waals surface area contributed by atoms with Gasteiger partial charge in [0, 0.05) is 31.1 Å². The fourth-order valence-electron chi connectivity index (χ4n) is 5.28. The summed E-state index contributed by atoms with van der Waals surface area (Å²) in [5.41, 5.74) is -0.295. The van der Waals surface area contributed by atoms with E-state index in [9.17, 15) is 9.59 Å². The maximum absolute atomic E-state index is 12.2. The quantitative estimate of drug-likeness (QED) is 0.825. The summed E-state index contributed by atoms with van der Waals surface area (Å²) in [6, 6.07) is 1.18. The topological polar surface area (TPSA) is 71.1 Å². The molecule has 4 aliphatic heterocycles. The van der Waals surface area contributed by atoms with Crippen molar-refractivity contribution < 1.29 is 19.1 Å². The van der Waals surface area contributed by atoms with Crippen LogP contribution in [0, 0.1) is 0 Å². The minimum absolute atomic E-state index is 0.132. The molecule has 1 N–H and O–H groups in total. The van der Waals surface area contributed by atoms with E-state index >= 15 is 0 Å². The van der Waals surface area contributed by atoms with E-state index in [4.69, 9.17) is 9.47 Å². The smallest absolute Gasteiger partial charge is 0.410 e. The Morgan fingerprint density at radius 2 is 2.00 bits per heavy atom. The van der Waals surface area contributed by atoms with Crippen molar-refractivity contribution in [2.24, 2.45) is 0 Å². The molecular weight excluding hydrogens is 322 g/mol. The highest BCUT2D eigenvalue weighted by atomic mass is 16.6. The van der Waals surface area contributed by atoms with Crippen LogP contribution in [-0.2, 0) is 9.47 Å². The van der Waals surface area contributed by atoms with Gasteiger partial charge in [-0.05, 0) is 52.0 Å². The summed E-state index contributed by atoms with van der Waals surface area (Å²) < 4.78 is 10.8. The van der Waals surface area contributed by atoms with Gasteiger partial charge in [0.15, 0.2) is 0 Å². The lowest BCUT2D eigenvalue weighted by molar-refractivity contribution is 0.0316. The van der Waals surface area contributed by atoms with Crippen molar-refractivity contribution in [3.05, 3.63) is 0 Å². The second-order valence-corrected chi connectivity index (χ2v) is 7.93. The van der Waals surface area contributed by atoms with Gasteiger partial charge in [0.1, 0.15) is 5.60 Å². The van der Waals surface area contributed by atoms with E-state index in [2.05, 4.69) is 10.2 Å². The number of rotatable bonds is 2. The van der Waals surface area contributed by atoms with Crippen molar-refractivity contribution in [2.75, 3.05) is 26.2 Å². The molecule has 2 amide bonds. The Balaban J connectivity index is 1.38. The molecule has 1 spiro atoms. The van der Waals surface area contributed by atoms with Crippen LogP contribution in [0.25, 0.3) is 0 Å². The van der Waals surface area contributed by atoms with Gasteiger partial charge < -0.3 is 24.6 Å². The lowest BCUT2D eigenvalue weighted by atomic mass is 9.94. The molecule has 4 fully saturated rings. The molecule has 25 heavy (non-hydrogen) atoms. The van der Waals surface area contributed by atoms with Crippen LogP contribution in [0.1, 0.15) is 51.9 Å². The summed E-state index contributed by atoms with van der Waals surface area (Å²) in [5, 5.41) is 2.82. The van der Waals surface area contributed by atoms with Crippen LogP contribution in [0.15, 0.2) is 0 Å². The summed E-state index contributed by atoms with van der Waals surface area (Å²) >= 11 is 0. The second-order valence-electron chi connectivity index (χ2n) is 7.93. The summed E-state index contributed by atoms with van der Waals surface area (Å²) in [5.74, 6) is 0. The van der Waals surface area contributed by atoms with Gasteiger partial charge in [-0.2, -0.15) is 0 Å². The minimum atomic E-state index is -0.295. The zero-order chi connectivity index (χ0) is 17.4. The molecule has 0 saturated carbocycles. The number of alkyl carbamates (subject to hydrolysis) is 1. The van der Waals surface area contributed by atoms with E-state index in [0.717, 1.165) is 58.0 Å². The third-order valence-corrected chi connectivity index (χ3v) is 6.50. The number of fused-ring (bicyclic) bond motifs is 2. The first-order chi connectivity index (χ1) is 12.1. The van der Waals surface area contributed by atoms with Crippen molar-refractivity contribution in [3.8, 4) is 0 Å². The maximum Gasteiger partial charge on any atom is 0.410 e. The zero-order valence-corrected chi connectivity index (χ0v) is 15.0. The lowest BCUT2D eigenvalue weighted by Crippen LogP contribution is -2.53. The third-order valence-electron chi connectivity index (χ3n) is 6.50. The third kappa shape index (κ3) is 3.18. The molecule has 7 heteroatoms. The van der Waals surface area contributed by atoms with Gasteiger partial charge in [0.2, 0.25) is 0 Å². The van der Waals surface area contributed by atoms with Crippen LogP contribution in [0.4, 0.5) is 9.59 Å². The summed E-state index contributed by atoms with van der Waals surface area (Å²) in [6.07, 6.45) is 6.78. The fourth-order valence-corrected chi connectivity index (χ4v) is 5.28. The summed E-state index contributed by atoms with van der Waals surface area (Å²) in [6.45, 7) is 4.98. The number of ether oxygens (including phenoxy) is 2. The molecule has 4 rings (SSSR count). The van der Waals surface area contributed by atoms with Crippen molar-refractivity contribution in [1.29, 1.82) is 0 Å². The van der Waals surface area contributed by atoms with Crippen molar-refractivity contribution >= 4 is 12.2 Å². The van der Waals surface area contributed by atoms with E-state index in [0.29, 0.717) is 31.3 Å². The molecule has 140 valence electrons. The average molecular weight is 351 g/mol. The number of carbonyl (C=O) groups is 2. The molecule has 3 atom stereocenters. The Bertz CT molecular complexity index is 528. The first-order valence-corrected chi connectivity index (χ1v) is 9.76. The number of nitrogens with zero attached hydrogens (tertiary/aromatic N) is 2. The molecule has 3 unspecified atom stereocenters. The Morgan fingerprint density at radius 3 is 2.64 bits per heavy atom. The molecule has 7 nitrogen and oxygen atoms in total. The van der Waals surface area contributed by atoms with Gasteiger partial charge in [-0.25, -0.2) is 9.59 Å². The Labute approximate surface area is 149 Å². The summed E-state index contributed by atoms with van der Waals surface area (Å²) in [4.78, 5) is 28.3. The molecule has 4 heterocycles. The van der Waals surface area contributed by atoms with Crippen molar-refractivity contribution in [2.45, 2.75) is 75.6 Å². The molecule has 0 aromatic rings. The van der Waals surface area contributed by atoms with Gasteiger partial charge in [0.05, 0.1) is 13.2 Å². The number of nitrogens with one attached hydrogen (secondary N) is 1. The van der Waals surface area contributed by atoms with Crippen LogP contribution in [-0.4, -0.2) is 72.0 Å². The van der Waals surface area contributed by atoms with E-state index < -0.39 is 0 Å². The number of amides is 2. The van der Waals surface area contributed by atoms with E-state index in [1.54, 1.807) is 0 Å². The Kier molecular flexibility index (Phi) is 4.52. The largest absolute Gasteiger partial charge is 0.450 e. The number of hydrogen-bond acceptors (Lipinski definition) is 5. The van der Waals surface area contributed by atoms with E-state index in [1.807, 2.05) is 11.8 Å². The van der Waals surface area contributed by atoms with Gasteiger partial charge in [-0.15, -0.1) is 0 Å². The number of carbonyl (C=O) groups excluding carboxylic acids is 2. The first kappa shape index (κ1) is 16.9. The zero-order valence-electron chi connectivity index (χ0n) is 15.0. The maximum atomic E-state index is 12.2. The highest BCUT2D eigenvalue weighted by Crippen LogP contribution is 2.39. The first-order valence-electron chi connectivity index (χ1n) is 9.76. The molecule has 4 saturated heterocycles. The van der Waals surface area contributed by atoms with Crippen LogP contribution in [0.2, 0.25) is 0 Å². The molecule has 0 aromatic carbocycles. The van der Waals surface area contributed by atoms with Crippen LogP contribution >= 0.6 is 0 Å². The molecular formula is C18H29N3O4. The second kappa shape index (κ2) is 6.67. The average Bonchev–Trinajstić information content (AvgIpc) is 2.98.